The Morgan fingerprint density at radius 2 is 2.11 bits per heavy atom. The second-order valence-corrected chi connectivity index (χ2v) is 7.10. The Hall–Kier alpha value is -3.00. The van der Waals surface area contributed by atoms with Crippen molar-refractivity contribution in [3.63, 3.8) is 0 Å². The van der Waals surface area contributed by atoms with Crippen molar-refractivity contribution in [1.82, 2.24) is 10.3 Å². The van der Waals surface area contributed by atoms with Crippen LogP contribution in [0.25, 0.3) is 10.8 Å². The third kappa shape index (κ3) is 4.45. The predicted octanol–water partition coefficient (Wildman–Crippen LogP) is 4.14. The summed E-state index contributed by atoms with van der Waals surface area (Å²) in [5, 5.41) is 8.54. The number of aromatic nitrogens is 1. The third-order valence-corrected chi connectivity index (χ3v) is 4.90. The minimum Gasteiger partial charge on any atom is -0.490 e. The summed E-state index contributed by atoms with van der Waals surface area (Å²) < 4.78 is 17.0. The highest BCUT2D eigenvalue weighted by molar-refractivity contribution is 7.13. The van der Waals surface area contributed by atoms with Crippen molar-refractivity contribution in [2.75, 3.05) is 25.1 Å². The number of hydrogen-bond acceptors (Lipinski definition) is 6. The van der Waals surface area contributed by atoms with E-state index in [0.717, 1.165) is 40.7 Å². The molecular weight excluding hydrogens is 376 g/mol. The van der Waals surface area contributed by atoms with E-state index in [1.807, 2.05) is 42.6 Å². The summed E-state index contributed by atoms with van der Waals surface area (Å²) in [6.45, 7) is 4.51. The normalized spacial score (nSPS) is 13.8. The molecule has 0 spiro atoms. The molecule has 7 nitrogen and oxygen atoms in total. The molecule has 4 rings (SSSR count). The average molecular weight is 398 g/mol. The standard InChI is InChI=1S/C20H22N4O3S/c1-2-21-20(22-12-15-13-27-19(23-15)18-5-3-10-28-18)24-14-6-7-16-17(11-14)26-9-4-8-25-16/h3,5-7,10-11,13H,2,4,8-9,12H2,1H3,(H2,21,22,24). The van der Waals surface area contributed by atoms with Gasteiger partial charge in [-0.2, -0.15) is 0 Å². The van der Waals surface area contributed by atoms with Gasteiger partial charge in [0.15, 0.2) is 17.5 Å². The van der Waals surface area contributed by atoms with E-state index < -0.39 is 0 Å². The number of aliphatic imine (C=N–C) groups is 1. The van der Waals surface area contributed by atoms with Crippen molar-refractivity contribution in [1.29, 1.82) is 0 Å². The van der Waals surface area contributed by atoms with Gasteiger partial charge in [0.1, 0.15) is 12.0 Å². The Labute approximate surface area is 167 Å². The molecule has 1 aliphatic heterocycles. The maximum Gasteiger partial charge on any atom is 0.236 e. The average Bonchev–Trinajstić information content (AvgIpc) is 3.34. The van der Waals surface area contributed by atoms with E-state index in [-0.39, 0.29) is 0 Å². The molecule has 3 aromatic rings. The molecule has 2 N–H and O–H groups in total. The number of hydrogen-bond donors (Lipinski definition) is 2. The van der Waals surface area contributed by atoms with Crippen LogP contribution in [0.1, 0.15) is 19.0 Å². The molecule has 146 valence electrons. The Morgan fingerprint density at radius 3 is 2.93 bits per heavy atom. The minimum absolute atomic E-state index is 0.411. The topological polar surface area (TPSA) is 80.9 Å². The fourth-order valence-corrected chi connectivity index (χ4v) is 3.39. The molecule has 0 amide bonds. The first kappa shape index (κ1) is 18.4. The molecule has 2 aromatic heterocycles. The van der Waals surface area contributed by atoms with Crippen molar-refractivity contribution < 1.29 is 13.9 Å². The Balaban J connectivity index is 1.46. The van der Waals surface area contributed by atoms with Gasteiger partial charge in [-0.15, -0.1) is 11.3 Å². The number of benzene rings is 1. The van der Waals surface area contributed by atoms with E-state index in [1.54, 1.807) is 17.6 Å². The highest BCUT2D eigenvalue weighted by Crippen LogP contribution is 2.32. The van der Waals surface area contributed by atoms with Crippen molar-refractivity contribution in [3.05, 3.63) is 47.7 Å². The predicted molar refractivity (Wildman–Crippen MR) is 110 cm³/mol. The lowest BCUT2D eigenvalue weighted by Crippen LogP contribution is -2.30. The maximum atomic E-state index is 5.75. The van der Waals surface area contributed by atoms with Crippen LogP contribution >= 0.6 is 11.3 Å². The minimum atomic E-state index is 0.411. The van der Waals surface area contributed by atoms with Crippen LogP contribution < -0.4 is 20.1 Å². The zero-order valence-electron chi connectivity index (χ0n) is 15.6. The van der Waals surface area contributed by atoms with Crippen LogP contribution in [0, 0.1) is 0 Å². The van der Waals surface area contributed by atoms with Crippen LogP contribution in [0.5, 0.6) is 11.5 Å². The maximum absolute atomic E-state index is 5.75. The Bertz CT molecular complexity index is 937. The molecule has 0 radical (unpaired) electrons. The van der Waals surface area contributed by atoms with Crippen LogP contribution in [0.3, 0.4) is 0 Å². The van der Waals surface area contributed by atoms with E-state index >= 15 is 0 Å². The SMILES string of the molecule is CCNC(=NCc1coc(-c2cccs2)n1)Nc1ccc2c(c1)OCCCO2. The van der Waals surface area contributed by atoms with Gasteiger partial charge in [0, 0.05) is 24.7 Å². The van der Waals surface area contributed by atoms with Crippen LogP contribution in [0.2, 0.25) is 0 Å². The molecule has 0 saturated carbocycles. The summed E-state index contributed by atoms with van der Waals surface area (Å²) in [6.07, 6.45) is 2.53. The Morgan fingerprint density at radius 1 is 1.21 bits per heavy atom. The first-order chi connectivity index (χ1) is 13.8. The van der Waals surface area contributed by atoms with Gasteiger partial charge in [-0.05, 0) is 30.5 Å². The highest BCUT2D eigenvalue weighted by Gasteiger charge is 2.12. The molecule has 0 atom stereocenters. The van der Waals surface area contributed by atoms with E-state index in [2.05, 4.69) is 20.6 Å². The summed E-state index contributed by atoms with van der Waals surface area (Å²) in [5.41, 5.74) is 1.66. The fraction of sp³-hybridized carbons (Fsp3) is 0.300. The van der Waals surface area contributed by atoms with Crippen LogP contribution in [-0.4, -0.2) is 30.7 Å². The van der Waals surface area contributed by atoms with Gasteiger partial charge in [0.05, 0.1) is 24.6 Å². The molecule has 8 heteroatoms. The van der Waals surface area contributed by atoms with Crippen molar-refractivity contribution in [2.24, 2.45) is 4.99 Å². The van der Waals surface area contributed by atoms with Crippen LogP contribution in [0.4, 0.5) is 5.69 Å². The molecule has 1 aromatic carbocycles. The molecule has 0 fully saturated rings. The molecule has 1 aliphatic rings. The lowest BCUT2D eigenvalue weighted by molar-refractivity contribution is 0.297. The molecule has 0 aliphatic carbocycles. The van der Waals surface area contributed by atoms with E-state index in [9.17, 15) is 0 Å². The highest BCUT2D eigenvalue weighted by atomic mass is 32.1. The van der Waals surface area contributed by atoms with Crippen LogP contribution in [-0.2, 0) is 6.54 Å². The number of rotatable bonds is 5. The number of thiophene rings is 1. The van der Waals surface area contributed by atoms with E-state index in [1.165, 1.54) is 0 Å². The van der Waals surface area contributed by atoms with Crippen molar-refractivity contribution in [3.8, 4) is 22.3 Å². The number of nitrogens with zero attached hydrogens (tertiary/aromatic N) is 2. The van der Waals surface area contributed by atoms with E-state index in [0.29, 0.717) is 31.6 Å². The summed E-state index contributed by atoms with van der Waals surface area (Å²) >= 11 is 1.60. The first-order valence-corrected chi connectivity index (χ1v) is 10.1. The zero-order chi connectivity index (χ0) is 19.2. The zero-order valence-corrected chi connectivity index (χ0v) is 16.4. The first-order valence-electron chi connectivity index (χ1n) is 9.25. The second-order valence-electron chi connectivity index (χ2n) is 6.15. The number of oxazole rings is 1. The van der Waals surface area contributed by atoms with Gasteiger partial charge in [0.2, 0.25) is 5.89 Å². The fourth-order valence-electron chi connectivity index (χ4n) is 2.74. The van der Waals surface area contributed by atoms with Gasteiger partial charge >= 0.3 is 0 Å². The monoisotopic (exact) mass is 398 g/mol. The van der Waals surface area contributed by atoms with Gasteiger partial charge in [-0.25, -0.2) is 9.98 Å². The smallest absolute Gasteiger partial charge is 0.236 e. The quantitative estimate of drug-likeness (QED) is 0.497. The molecular formula is C20H22N4O3S. The van der Waals surface area contributed by atoms with Gasteiger partial charge in [-0.1, -0.05) is 6.07 Å². The van der Waals surface area contributed by atoms with Gasteiger partial charge in [-0.3, -0.25) is 0 Å². The number of guanidine groups is 1. The molecule has 0 unspecified atom stereocenters. The van der Waals surface area contributed by atoms with Crippen molar-refractivity contribution in [2.45, 2.75) is 19.9 Å². The second kappa shape index (κ2) is 8.79. The van der Waals surface area contributed by atoms with Gasteiger partial charge in [0.25, 0.3) is 0 Å². The summed E-state index contributed by atoms with van der Waals surface area (Å²) in [6, 6.07) is 9.76. The number of anilines is 1. The number of fused-ring (bicyclic) bond motifs is 1. The largest absolute Gasteiger partial charge is 0.490 e. The Kier molecular flexibility index (Phi) is 5.77. The molecule has 0 saturated heterocycles. The summed E-state index contributed by atoms with van der Waals surface area (Å²) in [7, 11) is 0. The molecule has 28 heavy (non-hydrogen) atoms. The lowest BCUT2D eigenvalue weighted by Gasteiger charge is -2.13. The van der Waals surface area contributed by atoms with E-state index in [4.69, 9.17) is 13.9 Å². The molecule has 3 heterocycles. The number of ether oxygens (including phenoxy) is 2. The summed E-state index contributed by atoms with van der Waals surface area (Å²) in [4.78, 5) is 10.1. The lowest BCUT2D eigenvalue weighted by atomic mass is 10.3. The molecule has 0 bridgehead atoms. The number of nitrogens with one attached hydrogen (secondary N) is 2. The van der Waals surface area contributed by atoms with Crippen LogP contribution in [0.15, 0.2) is 51.4 Å². The third-order valence-electron chi connectivity index (χ3n) is 4.04. The summed E-state index contributed by atoms with van der Waals surface area (Å²) in [5.74, 6) is 2.81. The van der Waals surface area contributed by atoms with Crippen molar-refractivity contribution >= 4 is 23.0 Å². The van der Waals surface area contributed by atoms with Gasteiger partial charge < -0.3 is 24.5 Å².